The van der Waals surface area contributed by atoms with E-state index in [0.717, 1.165) is 11.1 Å². The van der Waals surface area contributed by atoms with E-state index in [9.17, 15) is 18.0 Å². The topological polar surface area (TPSA) is 144 Å². The highest BCUT2D eigenvalue weighted by molar-refractivity contribution is 7.90. The van der Waals surface area contributed by atoms with Crippen molar-refractivity contribution in [3.8, 4) is 11.5 Å². The maximum absolute atomic E-state index is 12.6. The Hall–Kier alpha value is -3.96. The number of amides is 2. The zero-order valence-corrected chi connectivity index (χ0v) is 21.4. The summed E-state index contributed by atoms with van der Waals surface area (Å²) < 4.78 is 37.6. The predicted octanol–water partition coefficient (Wildman–Crippen LogP) is 2.00. The highest BCUT2D eigenvalue weighted by Crippen LogP contribution is 2.27. The van der Waals surface area contributed by atoms with Crippen LogP contribution in [0.5, 0.6) is 11.5 Å². The van der Waals surface area contributed by atoms with Gasteiger partial charge in [-0.05, 0) is 60.4 Å². The number of pyridine rings is 1. The molecule has 3 N–H and O–H groups in total. The van der Waals surface area contributed by atoms with Crippen LogP contribution in [0.25, 0.3) is 0 Å². The maximum Gasteiger partial charge on any atom is 0.266 e. The number of carbonyl (C=O) groups excluding carboxylic acids is 2. The van der Waals surface area contributed by atoms with Gasteiger partial charge in [0.2, 0.25) is 5.91 Å². The molecule has 2 amide bonds. The van der Waals surface area contributed by atoms with Crippen LogP contribution in [0.15, 0.2) is 65.7 Å². The average Bonchev–Trinajstić information content (AvgIpc) is 2.91. The van der Waals surface area contributed by atoms with Crippen molar-refractivity contribution >= 4 is 21.8 Å². The summed E-state index contributed by atoms with van der Waals surface area (Å²) >= 11 is 0. The first kappa shape index (κ1) is 27.6. The van der Waals surface area contributed by atoms with E-state index >= 15 is 0 Å². The molecular weight excluding hydrogens is 498 g/mol. The second-order valence-electron chi connectivity index (χ2n) is 8.06. The van der Waals surface area contributed by atoms with Gasteiger partial charge in [0.15, 0.2) is 11.5 Å². The van der Waals surface area contributed by atoms with E-state index < -0.39 is 15.9 Å². The molecule has 0 aliphatic rings. The van der Waals surface area contributed by atoms with E-state index in [2.05, 4.69) is 10.3 Å². The lowest BCUT2D eigenvalue weighted by Gasteiger charge is -2.10. The van der Waals surface area contributed by atoms with Gasteiger partial charge >= 0.3 is 0 Å². The van der Waals surface area contributed by atoms with E-state index in [1.54, 1.807) is 32.4 Å². The number of nitrogens with zero attached hydrogens (tertiary/aromatic N) is 1. The number of benzene rings is 2. The number of ether oxygens (including phenoxy) is 2. The van der Waals surface area contributed by atoms with Crippen LogP contribution in [0.3, 0.4) is 0 Å². The molecule has 0 bridgehead atoms. The van der Waals surface area contributed by atoms with Crippen LogP contribution in [0.4, 0.5) is 0 Å². The van der Waals surface area contributed by atoms with Crippen molar-refractivity contribution in [2.75, 3.05) is 20.8 Å². The molecular formula is C26H29N3O7S. The summed E-state index contributed by atoms with van der Waals surface area (Å²) in [4.78, 5) is 28.3. The second-order valence-corrected chi connectivity index (χ2v) is 9.75. The lowest BCUT2D eigenvalue weighted by molar-refractivity contribution is -0.121. The fourth-order valence-corrected chi connectivity index (χ4v) is 4.43. The molecule has 0 aliphatic carbocycles. The molecule has 196 valence electrons. The molecule has 2 aromatic carbocycles. The van der Waals surface area contributed by atoms with Crippen molar-refractivity contribution in [2.45, 2.75) is 30.8 Å². The molecule has 37 heavy (non-hydrogen) atoms. The summed E-state index contributed by atoms with van der Waals surface area (Å²) in [5, 5.41) is 11.9. The number of sulfonamides is 1. The number of aliphatic hydroxyl groups is 1. The SMILES string of the molecule is COc1ccc(CCC(=O)NCCc2ccc(S(=O)(=O)NC(=O)c3ccc(CO)nc3)cc2)cc1OC. The molecule has 0 atom stereocenters. The molecule has 1 aromatic heterocycles. The molecule has 0 saturated heterocycles. The molecule has 3 aromatic rings. The summed E-state index contributed by atoms with van der Waals surface area (Å²) in [7, 11) is -0.958. The molecule has 0 aliphatic heterocycles. The van der Waals surface area contributed by atoms with Crippen molar-refractivity contribution in [2.24, 2.45) is 0 Å². The van der Waals surface area contributed by atoms with Crippen LogP contribution in [-0.4, -0.2) is 51.1 Å². The van der Waals surface area contributed by atoms with E-state index in [1.165, 1.54) is 30.5 Å². The molecule has 1 heterocycles. The third-order valence-corrected chi connectivity index (χ3v) is 6.88. The van der Waals surface area contributed by atoms with Gasteiger partial charge in [-0.15, -0.1) is 0 Å². The minimum atomic E-state index is -4.08. The lowest BCUT2D eigenvalue weighted by atomic mass is 10.1. The monoisotopic (exact) mass is 527 g/mol. The van der Waals surface area contributed by atoms with Crippen LogP contribution >= 0.6 is 0 Å². The number of hydrogen-bond acceptors (Lipinski definition) is 8. The molecule has 0 spiro atoms. The van der Waals surface area contributed by atoms with E-state index in [4.69, 9.17) is 14.6 Å². The van der Waals surface area contributed by atoms with Gasteiger partial charge in [-0.3, -0.25) is 14.6 Å². The highest BCUT2D eigenvalue weighted by Gasteiger charge is 2.19. The number of aliphatic hydroxyl groups excluding tert-OH is 1. The van der Waals surface area contributed by atoms with Gasteiger partial charge in [-0.2, -0.15) is 0 Å². The minimum Gasteiger partial charge on any atom is -0.493 e. The Morgan fingerprint density at radius 1 is 0.919 bits per heavy atom. The predicted molar refractivity (Wildman–Crippen MR) is 136 cm³/mol. The average molecular weight is 528 g/mol. The maximum atomic E-state index is 12.6. The Morgan fingerprint density at radius 2 is 1.62 bits per heavy atom. The first-order chi connectivity index (χ1) is 17.7. The van der Waals surface area contributed by atoms with Gasteiger partial charge < -0.3 is 19.9 Å². The van der Waals surface area contributed by atoms with Crippen molar-refractivity contribution < 1.29 is 32.6 Å². The Bertz CT molecular complexity index is 1330. The number of aryl methyl sites for hydroxylation is 1. The zero-order chi connectivity index (χ0) is 26.8. The Morgan fingerprint density at radius 3 is 2.24 bits per heavy atom. The Kier molecular flexibility index (Phi) is 9.58. The van der Waals surface area contributed by atoms with Crippen molar-refractivity contribution in [3.63, 3.8) is 0 Å². The summed E-state index contributed by atoms with van der Waals surface area (Å²) in [5.74, 6) is 0.317. The van der Waals surface area contributed by atoms with E-state index in [-0.39, 0.29) is 23.0 Å². The van der Waals surface area contributed by atoms with Gasteiger partial charge in [0, 0.05) is 19.2 Å². The van der Waals surface area contributed by atoms with Gasteiger partial charge in [-0.25, -0.2) is 13.1 Å². The summed E-state index contributed by atoms with van der Waals surface area (Å²) in [5.41, 5.74) is 2.20. The van der Waals surface area contributed by atoms with Crippen molar-refractivity contribution in [1.82, 2.24) is 15.0 Å². The third kappa shape index (κ3) is 7.76. The number of nitrogens with one attached hydrogen (secondary N) is 2. The number of hydrogen-bond donors (Lipinski definition) is 3. The van der Waals surface area contributed by atoms with Crippen molar-refractivity contribution in [1.29, 1.82) is 0 Å². The van der Waals surface area contributed by atoms with Crippen LogP contribution < -0.4 is 19.5 Å². The van der Waals surface area contributed by atoms with E-state index in [1.807, 2.05) is 16.9 Å². The van der Waals surface area contributed by atoms with Crippen molar-refractivity contribution in [3.05, 3.63) is 83.2 Å². The van der Waals surface area contributed by atoms with Gasteiger partial charge in [0.05, 0.1) is 37.0 Å². The fraction of sp³-hybridized carbons (Fsp3) is 0.269. The number of aromatic nitrogens is 1. The molecule has 0 radical (unpaired) electrons. The minimum absolute atomic E-state index is 0.0549. The largest absolute Gasteiger partial charge is 0.493 e. The quantitative estimate of drug-likeness (QED) is 0.324. The fourth-order valence-electron chi connectivity index (χ4n) is 3.46. The van der Waals surface area contributed by atoms with Crippen LogP contribution in [-0.2, 0) is 34.3 Å². The number of rotatable bonds is 12. The Labute approximate surface area is 215 Å². The van der Waals surface area contributed by atoms with Crippen LogP contribution in [0.2, 0.25) is 0 Å². The number of methoxy groups -OCH3 is 2. The summed E-state index contributed by atoms with van der Waals surface area (Å²) in [6.45, 7) is 0.111. The smallest absolute Gasteiger partial charge is 0.266 e. The van der Waals surface area contributed by atoms with Gasteiger partial charge in [0.25, 0.3) is 15.9 Å². The molecule has 0 fully saturated rings. The van der Waals surface area contributed by atoms with E-state index in [0.29, 0.717) is 43.0 Å². The molecule has 10 nitrogen and oxygen atoms in total. The first-order valence-electron chi connectivity index (χ1n) is 11.4. The van der Waals surface area contributed by atoms with Crippen LogP contribution in [0, 0.1) is 0 Å². The Balaban J connectivity index is 1.46. The van der Waals surface area contributed by atoms with Crippen LogP contribution in [0.1, 0.15) is 33.6 Å². The first-order valence-corrected chi connectivity index (χ1v) is 12.9. The molecule has 0 unspecified atom stereocenters. The highest BCUT2D eigenvalue weighted by atomic mass is 32.2. The molecule has 11 heteroatoms. The zero-order valence-electron chi connectivity index (χ0n) is 20.6. The third-order valence-electron chi connectivity index (χ3n) is 5.53. The number of carbonyl (C=O) groups is 2. The van der Waals surface area contributed by atoms with Gasteiger partial charge in [0.1, 0.15) is 0 Å². The molecule has 0 saturated carbocycles. The standard InChI is InChI=1S/C26H29N3O7S/c1-35-23-11-5-19(15-24(23)36-2)6-12-25(31)27-14-13-18-3-9-22(10-4-18)37(33,34)29-26(32)20-7-8-21(17-30)28-16-20/h3-5,7-11,15-16,30H,6,12-14,17H2,1-2H3,(H,27,31)(H,29,32). The summed E-state index contributed by atoms with van der Waals surface area (Å²) in [6, 6.07) is 14.4. The summed E-state index contributed by atoms with van der Waals surface area (Å²) in [6.07, 6.45) is 2.57. The normalized spacial score (nSPS) is 11.0. The van der Waals surface area contributed by atoms with Gasteiger partial charge in [-0.1, -0.05) is 18.2 Å². The lowest BCUT2D eigenvalue weighted by Crippen LogP contribution is -2.30. The second kappa shape index (κ2) is 12.8. The molecule has 3 rings (SSSR count).